The van der Waals surface area contributed by atoms with Crippen LogP contribution in [0.5, 0.6) is 0 Å². The van der Waals surface area contributed by atoms with Crippen LogP contribution in [0.25, 0.3) is 0 Å². The number of aromatic nitrogens is 2. The third-order valence-corrected chi connectivity index (χ3v) is 1.54. The molecule has 1 aliphatic rings. The summed E-state index contributed by atoms with van der Waals surface area (Å²) in [6, 6.07) is 0.272. The first-order valence-electron chi connectivity index (χ1n) is 3.54. The van der Waals surface area contributed by atoms with E-state index in [2.05, 4.69) is 20.0 Å². The smallest absolute Gasteiger partial charge is 0.176 e. The Kier molecular flexibility index (Phi) is 1.38. The van der Waals surface area contributed by atoms with Crippen molar-refractivity contribution in [2.75, 3.05) is 6.54 Å². The molecule has 0 amide bonds. The normalized spacial score (nSPS) is 21.4. The molecule has 56 valence electrons. The summed E-state index contributed by atoms with van der Waals surface area (Å²) in [4.78, 5) is 16.4. The van der Waals surface area contributed by atoms with E-state index < -0.39 is 0 Å². The first-order chi connectivity index (χ1) is 5.36. The van der Waals surface area contributed by atoms with Crippen molar-refractivity contribution in [3.63, 3.8) is 0 Å². The van der Waals surface area contributed by atoms with Gasteiger partial charge in [-0.2, -0.15) is 0 Å². The summed E-state index contributed by atoms with van der Waals surface area (Å²) >= 11 is 0. The van der Waals surface area contributed by atoms with E-state index in [1.807, 2.05) is 6.92 Å². The van der Waals surface area contributed by atoms with E-state index >= 15 is 0 Å². The van der Waals surface area contributed by atoms with E-state index in [0.29, 0.717) is 0 Å². The van der Waals surface area contributed by atoms with Crippen LogP contribution in [-0.2, 0) is 0 Å². The van der Waals surface area contributed by atoms with Gasteiger partial charge in [-0.05, 0) is 6.92 Å². The first kappa shape index (κ1) is 6.39. The average molecular weight is 148 g/mol. The van der Waals surface area contributed by atoms with Crippen molar-refractivity contribution < 1.29 is 0 Å². The van der Waals surface area contributed by atoms with Gasteiger partial charge in [-0.15, -0.1) is 0 Å². The quantitative estimate of drug-likeness (QED) is 0.479. The van der Waals surface area contributed by atoms with E-state index in [0.717, 1.165) is 17.4 Å². The molecule has 0 saturated heterocycles. The lowest BCUT2D eigenvalue weighted by molar-refractivity contribution is 0.678. The first-order valence-corrected chi connectivity index (χ1v) is 3.54. The van der Waals surface area contributed by atoms with Crippen LogP contribution in [0.2, 0.25) is 0 Å². The molecule has 1 aromatic heterocycles. The zero-order chi connectivity index (χ0) is 7.68. The van der Waals surface area contributed by atoms with Crippen LogP contribution in [0.4, 0.5) is 0 Å². The average Bonchev–Trinajstić information content (AvgIpc) is 2.04. The summed E-state index contributed by atoms with van der Waals surface area (Å²) in [5, 5.41) is 0.811. The summed E-state index contributed by atoms with van der Waals surface area (Å²) in [5.41, 5.74) is 0.720. The molecular weight excluding hydrogens is 140 g/mol. The van der Waals surface area contributed by atoms with E-state index in [-0.39, 0.29) is 6.04 Å². The molecule has 4 nitrogen and oxygen atoms in total. The maximum atomic E-state index is 4.33. The van der Waals surface area contributed by atoms with Crippen LogP contribution in [-0.4, -0.2) is 22.6 Å². The van der Waals surface area contributed by atoms with E-state index in [1.165, 1.54) is 6.33 Å². The third kappa shape index (κ3) is 1.11. The van der Waals surface area contributed by atoms with Gasteiger partial charge < -0.3 is 0 Å². The monoisotopic (exact) mass is 148 g/mol. The number of rotatable bonds is 0. The topological polar surface area (TPSA) is 50.5 Å². The summed E-state index contributed by atoms with van der Waals surface area (Å²) in [6.07, 6.45) is 3.19. The Morgan fingerprint density at radius 1 is 1.55 bits per heavy atom. The molecule has 2 heterocycles. The highest BCUT2D eigenvalue weighted by Crippen LogP contribution is 1.88. The summed E-state index contributed by atoms with van der Waals surface area (Å²) < 4.78 is 0. The summed E-state index contributed by atoms with van der Waals surface area (Å²) in [7, 11) is 0. The van der Waals surface area contributed by atoms with Crippen molar-refractivity contribution >= 4 is 0 Å². The van der Waals surface area contributed by atoms with Crippen molar-refractivity contribution in [1.29, 1.82) is 0 Å². The Balaban J connectivity index is 2.73. The Bertz CT molecular complexity index is 370. The fourth-order valence-corrected chi connectivity index (χ4v) is 1.03. The Morgan fingerprint density at radius 2 is 2.45 bits per heavy atom. The number of hydrogen-bond acceptors (Lipinski definition) is 4. The minimum Gasteiger partial charge on any atom is -0.275 e. The third-order valence-electron chi connectivity index (χ3n) is 1.54. The molecule has 0 fully saturated rings. The van der Waals surface area contributed by atoms with Crippen LogP contribution >= 0.6 is 0 Å². The van der Waals surface area contributed by atoms with Gasteiger partial charge >= 0.3 is 0 Å². The van der Waals surface area contributed by atoms with Gasteiger partial charge in [0.1, 0.15) is 11.7 Å². The Hall–Kier alpha value is -1.32. The highest BCUT2D eigenvalue weighted by Gasteiger charge is 2.02. The lowest BCUT2D eigenvalue weighted by Gasteiger charge is -2.04. The summed E-state index contributed by atoms with van der Waals surface area (Å²) in [6.45, 7) is 2.77. The van der Waals surface area contributed by atoms with Crippen molar-refractivity contribution in [2.45, 2.75) is 13.0 Å². The van der Waals surface area contributed by atoms with Gasteiger partial charge in [-0.1, -0.05) is 0 Å². The van der Waals surface area contributed by atoms with Gasteiger partial charge in [-0.25, -0.2) is 9.97 Å². The van der Waals surface area contributed by atoms with E-state index in [9.17, 15) is 0 Å². The molecule has 1 aromatic rings. The van der Waals surface area contributed by atoms with Crippen molar-refractivity contribution in [3.05, 3.63) is 23.4 Å². The maximum Gasteiger partial charge on any atom is 0.176 e. The fourth-order valence-electron chi connectivity index (χ4n) is 1.03. The zero-order valence-corrected chi connectivity index (χ0v) is 6.23. The molecule has 0 N–H and O–H groups in total. The van der Waals surface area contributed by atoms with Crippen LogP contribution in [0.3, 0.4) is 0 Å². The zero-order valence-electron chi connectivity index (χ0n) is 6.23. The van der Waals surface area contributed by atoms with Crippen molar-refractivity contribution in [3.8, 4) is 0 Å². The summed E-state index contributed by atoms with van der Waals surface area (Å²) in [5.74, 6) is 0. The van der Waals surface area contributed by atoms with E-state index in [4.69, 9.17) is 0 Å². The van der Waals surface area contributed by atoms with Gasteiger partial charge in [0, 0.05) is 0 Å². The molecule has 1 atom stereocenters. The van der Waals surface area contributed by atoms with E-state index in [1.54, 1.807) is 6.20 Å². The van der Waals surface area contributed by atoms with Gasteiger partial charge in [0.15, 0.2) is 5.49 Å². The molecule has 0 saturated carbocycles. The highest BCUT2D eigenvalue weighted by molar-refractivity contribution is 4.85. The van der Waals surface area contributed by atoms with Crippen LogP contribution in [0, 0.1) is 0 Å². The molecule has 2 rings (SSSR count). The molecule has 0 aromatic carbocycles. The molecule has 11 heavy (non-hydrogen) atoms. The second-order valence-corrected chi connectivity index (χ2v) is 2.55. The van der Waals surface area contributed by atoms with Gasteiger partial charge in [-0.3, -0.25) is 9.98 Å². The number of hydrogen-bond donors (Lipinski definition) is 0. The van der Waals surface area contributed by atoms with Crippen molar-refractivity contribution in [2.24, 2.45) is 9.98 Å². The highest BCUT2D eigenvalue weighted by atomic mass is 15.0. The molecule has 4 heteroatoms. The Labute approximate surface area is 63.8 Å². The second-order valence-electron chi connectivity index (χ2n) is 2.55. The van der Waals surface area contributed by atoms with Crippen LogP contribution in [0.15, 0.2) is 22.5 Å². The maximum absolute atomic E-state index is 4.33. The molecule has 0 aliphatic carbocycles. The molecule has 0 radical (unpaired) electrons. The second kappa shape index (κ2) is 2.38. The van der Waals surface area contributed by atoms with Gasteiger partial charge in [0.05, 0.1) is 18.8 Å². The number of nitrogens with zero attached hydrogens (tertiary/aromatic N) is 4. The van der Waals surface area contributed by atoms with Crippen LogP contribution in [0.1, 0.15) is 6.92 Å². The van der Waals surface area contributed by atoms with Crippen molar-refractivity contribution in [1.82, 2.24) is 9.97 Å². The number of fused-ring (bicyclic) bond motifs is 1. The molecular formula is C7H8N4. The molecule has 1 unspecified atom stereocenters. The van der Waals surface area contributed by atoms with Gasteiger partial charge in [0.2, 0.25) is 0 Å². The molecule has 1 aliphatic heterocycles. The lowest BCUT2D eigenvalue weighted by atomic mass is 10.3. The minimum atomic E-state index is 0.272. The molecule has 0 spiro atoms. The minimum absolute atomic E-state index is 0.272. The van der Waals surface area contributed by atoms with Crippen LogP contribution < -0.4 is 10.8 Å². The predicted octanol–water partition coefficient (Wildman–Crippen LogP) is -0.882. The standard InChI is InChI=1S/C7H8N4/c1-5-2-9-7-6(11-5)3-8-4-10-7/h3-5H,2H2,1H3. The Morgan fingerprint density at radius 3 is 3.36 bits per heavy atom. The lowest BCUT2D eigenvalue weighted by Crippen LogP contribution is -2.35. The largest absolute Gasteiger partial charge is 0.275 e. The SMILES string of the molecule is CC1CN=c2ncncc2=N1. The predicted molar refractivity (Wildman–Crippen MR) is 38.7 cm³/mol. The molecule has 0 bridgehead atoms. The fraction of sp³-hybridized carbons (Fsp3) is 0.429. The van der Waals surface area contributed by atoms with Gasteiger partial charge in [0.25, 0.3) is 0 Å².